The van der Waals surface area contributed by atoms with E-state index >= 15 is 0 Å². The molecule has 162 valence electrons. The second-order valence-corrected chi connectivity index (χ2v) is 7.76. The monoisotopic (exact) mass is 432 g/mol. The zero-order valence-electron chi connectivity index (χ0n) is 18.2. The van der Waals surface area contributed by atoms with E-state index < -0.39 is 17.8 Å². The summed E-state index contributed by atoms with van der Waals surface area (Å²) in [6.07, 6.45) is 1.74. The number of halogens is 1. The van der Waals surface area contributed by atoms with Crippen LogP contribution in [0.2, 0.25) is 5.02 Å². The summed E-state index contributed by atoms with van der Waals surface area (Å²) in [5.74, 6) is -2.83. The van der Waals surface area contributed by atoms with Crippen molar-refractivity contribution in [3.63, 3.8) is 0 Å². The molecule has 0 aliphatic heterocycles. The Hall–Kier alpha value is -2.86. The summed E-state index contributed by atoms with van der Waals surface area (Å²) in [6.45, 7) is 10.1. The minimum atomic E-state index is -1.12. The van der Waals surface area contributed by atoms with Gasteiger partial charge in [0.2, 0.25) is 11.8 Å². The average Bonchev–Trinajstić information content (AvgIpc) is 2.64. The Labute approximate surface area is 182 Å². The van der Waals surface area contributed by atoms with Crippen LogP contribution in [-0.4, -0.2) is 29.4 Å². The first kappa shape index (κ1) is 25.2. The number of rotatable bonds is 8. The molecule has 0 aliphatic rings. The van der Waals surface area contributed by atoms with Gasteiger partial charge < -0.3 is 15.7 Å². The third kappa shape index (κ3) is 6.88. The Morgan fingerprint density at radius 2 is 1.67 bits per heavy atom. The maximum Gasteiger partial charge on any atom is 0.332 e. The largest absolute Gasteiger partial charge is 0.478 e. The van der Waals surface area contributed by atoms with Crippen LogP contribution in [0.4, 0.5) is 0 Å². The average molecular weight is 433 g/mol. The number of benzene rings is 1. The molecule has 3 N–H and O–H groups in total. The van der Waals surface area contributed by atoms with Gasteiger partial charge in [0.25, 0.3) is 0 Å². The number of allylic oxidation sites excluding steroid dienone is 4. The second-order valence-electron chi connectivity index (χ2n) is 7.32. The zero-order chi connectivity index (χ0) is 23.0. The van der Waals surface area contributed by atoms with E-state index in [1.807, 2.05) is 0 Å². The number of aliphatic carboxylic acids is 1. The van der Waals surface area contributed by atoms with Gasteiger partial charge in [-0.2, -0.15) is 0 Å². The minimum absolute atomic E-state index is 0.0952. The third-order valence-corrected chi connectivity index (χ3v) is 4.73. The van der Waals surface area contributed by atoms with Crippen molar-refractivity contribution in [2.45, 2.75) is 47.5 Å². The molecule has 0 fully saturated rings. The fourth-order valence-corrected chi connectivity index (χ4v) is 3.23. The van der Waals surface area contributed by atoms with Crippen LogP contribution in [0.15, 0.2) is 58.3 Å². The molecule has 0 aromatic heterocycles. The topological polar surface area (TPSA) is 95.5 Å². The number of hydrogen-bond donors (Lipinski definition) is 3. The van der Waals surface area contributed by atoms with E-state index in [9.17, 15) is 19.5 Å². The molecule has 6 nitrogen and oxygen atoms in total. The Kier molecular flexibility index (Phi) is 9.53. The van der Waals surface area contributed by atoms with Crippen molar-refractivity contribution in [1.82, 2.24) is 10.6 Å². The molecule has 0 heterocycles. The lowest BCUT2D eigenvalue weighted by Gasteiger charge is -2.24. The summed E-state index contributed by atoms with van der Waals surface area (Å²) < 4.78 is 0. The van der Waals surface area contributed by atoms with E-state index in [0.29, 0.717) is 27.4 Å². The van der Waals surface area contributed by atoms with E-state index in [-0.39, 0.29) is 23.6 Å². The summed E-state index contributed by atoms with van der Waals surface area (Å²) in [6, 6.07) is 6.78. The van der Waals surface area contributed by atoms with Crippen molar-refractivity contribution in [2.24, 2.45) is 0 Å². The fourth-order valence-electron chi connectivity index (χ4n) is 3.03. The Bertz CT molecular complexity index is 921. The summed E-state index contributed by atoms with van der Waals surface area (Å²) >= 11 is 6.14. The van der Waals surface area contributed by atoms with Crippen molar-refractivity contribution in [3.05, 3.63) is 68.9 Å². The van der Waals surface area contributed by atoms with Gasteiger partial charge in [0.05, 0.1) is 6.54 Å². The molecule has 0 radical (unpaired) electrons. The molecule has 30 heavy (non-hydrogen) atoms. The lowest BCUT2D eigenvalue weighted by molar-refractivity contribution is -0.133. The maximum absolute atomic E-state index is 13.1. The van der Waals surface area contributed by atoms with Gasteiger partial charge in [-0.15, -0.1) is 0 Å². The Morgan fingerprint density at radius 3 is 2.13 bits per heavy atom. The molecule has 1 aromatic carbocycles. The minimum Gasteiger partial charge on any atom is -0.478 e. The van der Waals surface area contributed by atoms with Gasteiger partial charge in [-0.1, -0.05) is 41.0 Å². The SMILES string of the molecule is C/C=C(\C)NC(=O)CNC(=O)C(=C(C)C)C(C(C(=O)O)=C(C)C)c1cccc(Cl)c1. The van der Waals surface area contributed by atoms with Crippen LogP contribution in [-0.2, 0) is 14.4 Å². The summed E-state index contributed by atoms with van der Waals surface area (Å²) in [5, 5.41) is 15.6. The normalized spacial score (nSPS) is 11.9. The van der Waals surface area contributed by atoms with Crippen molar-refractivity contribution in [2.75, 3.05) is 6.54 Å². The predicted molar refractivity (Wildman–Crippen MR) is 119 cm³/mol. The Balaban J connectivity index is 3.42. The molecular weight excluding hydrogens is 404 g/mol. The van der Waals surface area contributed by atoms with Crippen LogP contribution >= 0.6 is 11.6 Å². The van der Waals surface area contributed by atoms with E-state index in [1.54, 1.807) is 71.9 Å². The van der Waals surface area contributed by atoms with Gasteiger partial charge in [0, 0.05) is 27.8 Å². The Morgan fingerprint density at radius 1 is 1.07 bits per heavy atom. The molecule has 1 aromatic rings. The number of hydrogen-bond acceptors (Lipinski definition) is 3. The predicted octanol–water partition coefficient (Wildman–Crippen LogP) is 4.34. The number of carboxylic acids is 1. The molecule has 0 spiro atoms. The quantitative estimate of drug-likeness (QED) is 0.532. The molecular formula is C23H29ClN2O4. The maximum atomic E-state index is 13.1. The highest BCUT2D eigenvalue weighted by Gasteiger charge is 2.32. The van der Waals surface area contributed by atoms with Crippen molar-refractivity contribution < 1.29 is 19.5 Å². The van der Waals surface area contributed by atoms with Gasteiger partial charge in [-0.25, -0.2) is 4.79 Å². The van der Waals surface area contributed by atoms with Gasteiger partial charge in [0.1, 0.15) is 0 Å². The number of carbonyl (C=O) groups is 3. The number of carboxylic acid groups (broad SMARTS) is 1. The molecule has 1 atom stereocenters. The van der Waals surface area contributed by atoms with E-state index in [2.05, 4.69) is 10.6 Å². The third-order valence-electron chi connectivity index (χ3n) is 4.49. The van der Waals surface area contributed by atoms with E-state index in [1.165, 1.54) is 0 Å². The van der Waals surface area contributed by atoms with E-state index in [4.69, 9.17) is 11.6 Å². The molecule has 0 saturated carbocycles. The van der Waals surface area contributed by atoms with Gasteiger partial charge in [0.15, 0.2) is 0 Å². The van der Waals surface area contributed by atoms with Crippen molar-refractivity contribution in [3.8, 4) is 0 Å². The van der Waals surface area contributed by atoms with Gasteiger partial charge >= 0.3 is 5.97 Å². The highest BCUT2D eigenvalue weighted by Crippen LogP contribution is 2.36. The molecule has 1 rings (SSSR count). The van der Waals surface area contributed by atoms with Crippen LogP contribution in [0.1, 0.15) is 53.0 Å². The molecule has 2 amide bonds. The summed E-state index contributed by atoms with van der Waals surface area (Å²) in [7, 11) is 0. The first-order valence-corrected chi connectivity index (χ1v) is 9.91. The van der Waals surface area contributed by atoms with Gasteiger partial charge in [-0.05, 0) is 59.2 Å². The van der Waals surface area contributed by atoms with Crippen LogP contribution in [0.3, 0.4) is 0 Å². The number of carbonyl (C=O) groups excluding carboxylic acids is 2. The summed E-state index contributed by atoms with van der Waals surface area (Å²) in [5.41, 5.74) is 2.83. The molecule has 0 bridgehead atoms. The molecule has 0 saturated heterocycles. The number of amides is 2. The van der Waals surface area contributed by atoms with Crippen LogP contribution < -0.4 is 10.6 Å². The molecule has 7 heteroatoms. The summed E-state index contributed by atoms with van der Waals surface area (Å²) in [4.78, 5) is 37.2. The van der Waals surface area contributed by atoms with Crippen molar-refractivity contribution >= 4 is 29.4 Å². The molecule has 1 unspecified atom stereocenters. The van der Waals surface area contributed by atoms with Crippen LogP contribution in [0, 0.1) is 0 Å². The first-order valence-electron chi connectivity index (χ1n) is 9.54. The zero-order valence-corrected chi connectivity index (χ0v) is 19.0. The highest BCUT2D eigenvalue weighted by atomic mass is 35.5. The standard InChI is InChI=1S/C23H29ClN2O4/c1-7-15(6)26-18(27)12-25-22(28)19(13(2)3)21(20(14(4)5)23(29)30)16-9-8-10-17(24)11-16/h7-11,21H,12H2,1-6H3,(H,25,28)(H,26,27)(H,29,30)/b15-7+. The molecule has 0 aliphatic carbocycles. The second kappa shape index (κ2) is 11.4. The fraction of sp³-hybridized carbons (Fsp3) is 0.348. The highest BCUT2D eigenvalue weighted by molar-refractivity contribution is 6.30. The van der Waals surface area contributed by atoms with Crippen molar-refractivity contribution in [1.29, 1.82) is 0 Å². The first-order chi connectivity index (χ1) is 14.0. The van der Waals surface area contributed by atoms with Crippen LogP contribution in [0.5, 0.6) is 0 Å². The van der Waals surface area contributed by atoms with Crippen LogP contribution in [0.25, 0.3) is 0 Å². The smallest absolute Gasteiger partial charge is 0.332 e. The lowest BCUT2D eigenvalue weighted by atomic mass is 9.80. The number of nitrogens with one attached hydrogen (secondary N) is 2. The van der Waals surface area contributed by atoms with E-state index in [0.717, 1.165) is 0 Å². The van der Waals surface area contributed by atoms with Gasteiger partial charge in [-0.3, -0.25) is 9.59 Å². The lowest BCUT2D eigenvalue weighted by Crippen LogP contribution is -2.38.